The number of nitro groups is 1. The highest BCUT2D eigenvalue weighted by molar-refractivity contribution is 7.14. The van der Waals surface area contributed by atoms with Crippen molar-refractivity contribution in [3.63, 3.8) is 0 Å². The summed E-state index contributed by atoms with van der Waals surface area (Å²) >= 11 is 1.20. The van der Waals surface area contributed by atoms with E-state index in [2.05, 4.69) is 10.3 Å². The van der Waals surface area contributed by atoms with Crippen molar-refractivity contribution in [2.45, 2.75) is 40.0 Å². The van der Waals surface area contributed by atoms with E-state index in [1.807, 2.05) is 20.8 Å². The number of non-ortho nitro benzene ring substituents is 1. The molecule has 0 spiro atoms. The molecule has 3 amide bonds. The van der Waals surface area contributed by atoms with Gasteiger partial charge in [-0.1, -0.05) is 32.9 Å². The van der Waals surface area contributed by atoms with Crippen LogP contribution in [0.2, 0.25) is 0 Å². The molecule has 4 rings (SSSR count). The number of aromatic nitrogens is 1. The Bertz CT molecular complexity index is 1130. The molecule has 168 valence electrons. The second-order valence-corrected chi connectivity index (χ2v) is 9.94. The van der Waals surface area contributed by atoms with Crippen LogP contribution >= 0.6 is 11.3 Å². The SMILES string of the molecule is CC12CCC(C(=O)N(CCC(=O)Nc3nc(-c4cccc([N+](=O)[O-])c4)cs3)C1=O)C2(C)C. The molecule has 1 saturated carbocycles. The molecule has 1 saturated heterocycles. The molecule has 32 heavy (non-hydrogen) atoms. The minimum atomic E-state index is -0.593. The van der Waals surface area contributed by atoms with E-state index in [9.17, 15) is 24.5 Å². The Hall–Kier alpha value is -3.14. The van der Waals surface area contributed by atoms with Crippen molar-refractivity contribution < 1.29 is 19.3 Å². The number of rotatable bonds is 6. The predicted molar refractivity (Wildman–Crippen MR) is 119 cm³/mol. The van der Waals surface area contributed by atoms with Crippen molar-refractivity contribution >= 4 is 39.9 Å². The van der Waals surface area contributed by atoms with Gasteiger partial charge in [0.2, 0.25) is 17.7 Å². The Morgan fingerprint density at radius 2 is 2.09 bits per heavy atom. The molecule has 1 aromatic heterocycles. The molecular weight excluding hydrogens is 432 g/mol. The Morgan fingerprint density at radius 3 is 2.81 bits per heavy atom. The van der Waals surface area contributed by atoms with Gasteiger partial charge >= 0.3 is 0 Å². The number of nitrogens with zero attached hydrogens (tertiary/aromatic N) is 3. The summed E-state index contributed by atoms with van der Waals surface area (Å²) in [5.74, 6) is -0.946. The number of fused-ring (bicyclic) bond motifs is 2. The number of likely N-dealkylation sites (tertiary alicyclic amines) is 1. The fourth-order valence-corrected chi connectivity index (χ4v) is 5.49. The first-order valence-corrected chi connectivity index (χ1v) is 11.3. The number of hydrogen-bond donors (Lipinski definition) is 1. The normalized spacial score (nSPS) is 24.0. The van der Waals surface area contributed by atoms with Gasteiger partial charge in [-0.25, -0.2) is 4.98 Å². The van der Waals surface area contributed by atoms with Crippen LogP contribution in [0.15, 0.2) is 29.6 Å². The zero-order chi connectivity index (χ0) is 23.3. The van der Waals surface area contributed by atoms with Crippen LogP contribution in [0.3, 0.4) is 0 Å². The monoisotopic (exact) mass is 456 g/mol. The third-order valence-electron chi connectivity index (χ3n) is 7.17. The Balaban J connectivity index is 1.39. The molecule has 2 heterocycles. The molecular formula is C22H24N4O5S. The Morgan fingerprint density at radius 1 is 1.34 bits per heavy atom. The lowest BCUT2D eigenvalue weighted by atomic mass is 9.62. The van der Waals surface area contributed by atoms with Gasteiger partial charge in [-0.3, -0.25) is 29.4 Å². The van der Waals surface area contributed by atoms with Gasteiger partial charge in [0, 0.05) is 42.0 Å². The number of carbonyl (C=O) groups excluding carboxylic acids is 3. The van der Waals surface area contributed by atoms with E-state index in [0.717, 1.165) is 0 Å². The Labute approximate surface area is 189 Å². The number of imide groups is 1. The maximum absolute atomic E-state index is 13.1. The molecule has 1 aliphatic heterocycles. The zero-order valence-corrected chi connectivity index (χ0v) is 18.9. The molecule has 2 unspecified atom stereocenters. The van der Waals surface area contributed by atoms with Gasteiger partial charge in [0.1, 0.15) is 0 Å². The summed E-state index contributed by atoms with van der Waals surface area (Å²) in [5, 5.41) is 15.7. The second-order valence-electron chi connectivity index (χ2n) is 9.08. The number of thiazole rings is 1. The second kappa shape index (κ2) is 7.77. The number of nitro benzene ring substituents is 1. The average Bonchev–Trinajstić information content (AvgIpc) is 3.27. The highest BCUT2D eigenvalue weighted by atomic mass is 32.1. The van der Waals surface area contributed by atoms with Crippen LogP contribution < -0.4 is 5.32 Å². The fraction of sp³-hybridized carbons (Fsp3) is 0.455. The highest BCUT2D eigenvalue weighted by Gasteiger charge is 2.64. The Kier molecular flexibility index (Phi) is 5.36. The topological polar surface area (TPSA) is 123 Å². The van der Waals surface area contributed by atoms with Crippen molar-refractivity contribution in [1.29, 1.82) is 0 Å². The fourth-order valence-electron chi connectivity index (χ4n) is 4.75. The summed E-state index contributed by atoms with van der Waals surface area (Å²) in [7, 11) is 0. The number of nitrogens with one attached hydrogen (secondary N) is 1. The molecule has 9 nitrogen and oxygen atoms in total. The summed E-state index contributed by atoms with van der Waals surface area (Å²) in [4.78, 5) is 54.4. The zero-order valence-electron chi connectivity index (χ0n) is 18.1. The maximum Gasteiger partial charge on any atom is 0.270 e. The highest BCUT2D eigenvalue weighted by Crippen LogP contribution is 2.60. The van der Waals surface area contributed by atoms with Crippen LogP contribution in [0.25, 0.3) is 11.3 Å². The van der Waals surface area contributed by atoms with E-state index in [-0.39, 0.29) is 47.7 Å². The predicted octanol–water partition coefficient (Wildman–Crippen LogP) is 3.86. The lowest BCUT2D eigenvalue weighted by molar-refractivity contribution is -0.384. The van der Waals surface area contributed by atoms with Crippen LogP contribution in [0.5, 0.6) is 0 Å². The number of anilines is 1. The van der Waals surface area contributed by atoms with Crippen molar-refractivity contribution in [2.75, 3.05) is 11.9 Å². The largest absolute Gasteiger partial charge is 0.302 e. The van der Waals surface area contributed by atoms with Crippen LogP contribution in [-0.4, -0.2) is 39.1 Å². The summed E-state index contributed by atoms with van der Waals surface area (Å²) in [5.41, 5.74) is 0.0746. The minimum absolute atomic E-state index is 0.0214. The van der Waals surface area contributed by atoms with Gasteiger partial charge in [-0.2, -0.15) is 0 Å². The molecule has 2 fully saturated rings. The van der Waals surface area contributed by atoms with E-state index in [1.54, 1.807) is 17.5 Å². The summed E-state index contributed by atoms with van der Waals surface area (Å²) < 4.78 is 0. The molecule has 1 aromatic carbocycles. The van der Waals surface area contributed by atoms with Crippen LogP contribution in [-0.2, 0) is 14.4 Å². The van der Waals surface area contributed by atoms with Gasteiger partial charge in [-0.15, -0.1) is 11.3 Å². The third-order valence-corrected chi connectivity index (χ3v) is 7.93. The number of amides is 3. The van der Waals surface area contributed by atoms with Crippen molar-refractivity contribution in [3.8, 4) is 11.3 Å². The van der Waals surface area contributed by atoms with Gasteiger partial charge in [-0.05, 0) is 18.3 Å². The van der Waals surface area contributed by atoms with E-state index in [1.165, 1.54) is 28.4 Å². The number of piperidine rings is 1. The van der Waals surface area contributed by atoms with E-state index >= 15 is 0 Å². The van der Waals surface area contributed by atoms with Crippen molar-refractivity contribution in [2.24, 2.45) is 16.7 Å². The average molecular weight is 457 g/mol. The van der Waals surface area contributed by atoms with Gasteiger partial charge in [0.15, 0.2) is 5.13 Å². The molecule has 2 atom stereocenters. The van der Waals surface area contributed by atoms with E-state index in [0.29, 0.717) is 29.2 Å². The lowest BCUT2D eigenvalue weighted by Crippen LogP contribution is -2.59. The maximum atomic E-state index is 13.1. The number of benzene rings is 1. The minimum Gasteiger partial charge on any atom is -0.302 e. The van der Waals surface area contributed by atoms with Crippen LogP contribution in [0, 0.1) is 26.9 Å². The molecule has 10 heteroatoms. The summed E-state index contributed by atoms with van der Waals surface area (Å²) in [6.07, 6.45) is 1.35. The molecule has 1 N–H and O–H groups in total. The van der Waals surface area contributed by atoms with Crippen LogP contribution in [0.1, 0.15) is 40.0 Å². The third kappa shape index (κ3) is 3.48. The van der Waals surface area contributed by atoms with Crippen molar-refractivity contribution in [1.82, 2.24) is 9.88 Å². The molecule has 1 aliphatic carbocycles. The summed E-state index contributed by atoms with van der Waals surface area (Å²) in [6, 6.07) is 6.10. The van der Waals surface area contributed by atoms with E-state index < -0.39 is 10.3 Å². The number of hydrogen-bond acceptors (Lipinski definition) is 7. The lowest BCUT2D eigenvalue weighted by Gasteiger charge is -2.47. The number of carbonyl (C=O) groups is 3. The first kappa shape index (κ1) is 22.1. The summed E-state index contributed by atoms with van der Waals surface area (Å²) in [6.45, 7) is 5.91. The van der Waals surface area contributed by atoms with Gasteiger partial charge in [0.25, 0.3) is 5.69 Å². The van der Waals surface area contributed by atoms with Crippen LogP contribution in [0.4, 0.5) is 10.8 Å². The quantitative estimate of drug-likeness (QED) is 0.400. The first-order chi connectivity index (χ1) is 15.0. The van der Waals surface area contributed by atoms with Gasteiger partial charge < -0.3 is 5.32 Å². The van der Waals surface area contributed by atoms with Crippen molar-refractivity contribution in [3.05, 3.63) is 39.8 Å². The molecule has 2 aromatic rings. The van der Waals surface area contributed by atoms with E-state index in [4.69, 9.17) is 0 Å². The first-order valence-electron chi connectivity index (χ1n) is 10.4. The van der Waals surface area contributed by atoms with Gasteiger partial charge in [0.05, 0.1) is 16.0 Å². The standard InChI is InChI=1S/C22H24N4O5S/c1-21(2)15-7-9-22(21,3)19(29)25(18(15)28)10-8-17(27)24-20-23-16(12-32-20)13-5-4-6-14(11-13)26(30)31/h4-6,11-12,15H,7-10H2,1-3H3,(H,23,24,27). The smallest absolute Gasteiger partial charge is 0.270 e. The molecule has 0 radical (unpaired) electrons. The molecule has 2 bridgehead atoms. The molecule has 2 aliphatic rings.